The lowest BCUT2D eigenvalue weighted by molar-refractivity contribution is -0.244. The van der Waals surface area contributed by atoms with Crippen LogP contribution in [0.3, 0.4) is 0 Å². The molecule has 230 valence electrons. The monoisotopic (exact) mass is 596 g/mol. The largest absolute Gasteiger partial charge is 0.463 e. The Labute approximate surface area is 247 Å². The third kappa shape index (κ3) is 2.44. The van der Waals surface area contributed by atoms with E-state index in [0.717, 1.165) is 0 Å². The first-order chi connectivity index (χ1) is 20.1. The van der Waals surface area contributed by atoms with Crippen LogP contribution in [0.5, 0.6) is 0 Å². The van der Waals surface area contributed by atoms with E-state index < -0.39 is 75.9 Å². The van der Waals surface area contributed by atoms with E-state index in [0.29, 0.717) is 29.6 Å². The molecule has 11 nitrogen and oxygen atoms in total. The van der Waals surface area contributed by atoms with E-state index in [1.54, 1.807) is 6.92 Å². The van der Waals surface area contributed by atoms with Crippen molar-refractivity contribution >= 4 is 17.9 Å². The van der Waals surface area contributed by atoms with Crippen molar-refractivity contribution in [2.75, 3.05) is 13.2 Å². The molecule has 2 unspecified atom stereocenters. The quantitative estimate of drug-likeness (QED) is 0.222. The van der Waals surface area contributed by atoms with Crippen molar-refractivity contribution in [2.45, 2.75) is 82.1 Å². The molecule has 2 heterocycles. The first-order valence-corrected chi connectivity index (χ1v) is 15.3. The van der Waals surface area contributed by atoms with Gasteiger partial charge in [-0.25, -0.2) is 9.59 Å². The van der Waals surface area contributed by atoms with Gasteiger partial charge in [0.05, 0.1) is 17.8 Å². The van der Waals surface area contributed by atoms with Gasteiger partial charge in [0.15, 0.2) is 5.60 Å². The zero-order valence-corrected chi connectivity index (χ0v) is 24.5. The first kappa shape index (κ1) is 26.8. The van der Waals surface area contributed by atoms with Crippen LogP contribution in [-0.2, 0) is 28.6 Å². The van der Waals surface area contributed by atoms with E-state index in [1.807, 2.05) is 0 Å². The number of carbonyl (C=O) groups excluding carboxylic acids is 3. The highest BCUT2D eigenvalue weighted by molar-refractivity contribution is 5.98. The number of fused-ring (bicyclic) bond motifs is 9. The molecule has 0 saturated heterocycles. The van der Waals surface area contributed by atoms with E-state index in [4.69, 9.17) is 14.2 Å². The summed E-state index contributed by atoms with van der Waals surface area (Å²) < 4.78 is 17.4. The van der Waals surface area contributed by atoms with Gasteiger partial charge in [-0.2, -0.15) is 0 Å². The second-order valence-electron chi connectivity index (χ2n) is 15.2. The second kappa shape index (κ2) is 7.12. The lowest BCUT2D eigenvalue weighted by Crippen LogP contribution is -2.69. The van der Waals surface area contributed by atoms with Crippen molar-refractivity contribution in [1.82, 2.24) is 0 Å². The normalized spacial score (nSPS) is 56.0. The molecule has 5 saturated carbocycles. The Hall–Kier alpha value is -2.57. The Morgan fingerprint density at radius 1 is 0.977 bits per heavy atom. The lowest BCUT2D eigenvalue weighted by Gasteiger charge is -2.64. The van der Waals surface area contributed by atoms with Gasteiger partial charge in [-0.3, -0.25) is 4.79 Å². The first-order valence-electron chi connectivity index (χ1n) is 15.3. The minimum Gasteiger partial charge on any atom is -0.463 e. The molecule has 13 atom stereocenters. The number of aliphatic hydroxyl groups is 5. The van der Waals surface area contributed by atoms with Crippen LogP contribution in [-0.4, -0.2) is 85.3 Å². The molecule has 0 aromatic carbocycles. The third-order valence-electron chi connectivity index (χ3n) is 14.0. The molecule has 0 aromatic heterocycles. The number of carbonyl (C=O) groups is 3. The van der Waals surface area contributed by atoms with Crippen molar-refractivity contribution in [3.05, 3.63) is 33.4 Å². The molecule has 1 spiro atoms. The molecule has 43 heavy (non-hydrogen) atoms. The van der Waals surface area contributed by atoms with Crippen molar-refractivity contribution in [1.29, 1.82) is 0 Å². The molecule has 0 bridgehead atoms. The summed E-state index contributed by atoms with van der Waals surface area (Å²) in [7, 11) is 0. The summed E-state index contributed by atoms with van der Waals surface area (Å²) in [5.41, 5.74) is -4.93. The molecule has 5 fully saturated rings. The Morgan fingerprint density at radius 2 is 1.67 bits per heavy atom. The predicted molar refractivity (Wildman–Crippen MR) is 142 cm³/mol. The fourth-order valence-electron chi connectivity index (χ4n) is 12.2. The predicted octanol–water partition coefficient (Wildman–Crippen LogP) is 0.181. The summed E-state index contributed by atoms with van der Waals surface area (Å²) in [6.07, 6.45) is 0.0196. The Balaban J connectivity index is 1.37. The second-order valence-corrected chi connectivity index (χ2v) is 15.2. The Bertz CT molecular complexity index is 1610. The van der Waals surface area contributed by atoms with Gasteiger partial charge >= 0.3 is 17.9 Å². The number of ether oxygens (including phenoxy) is 3. The summed E-state index contributed by atoms with van der Waals surface area (Å²) in [5, 5.41) is 59.6. The molecular formula is C32H36O11. The van der Waals surface area contributed by atoms with Gasteiger partial charge in [0.1, 0.15) is 18.3 Å². The smallest absolute Gasteiger partial charge is 0.337 e. The van der Waals surface area contributed by atoms with Crippen molar-refractivity contribution < 1.29 is 54.1 Å². The molecule has 0 amide bonds. The molecule has 5 N–H and O–H groups in total. The summed E-state index contributed by atoms with van der Waals surface area (Å²) in [6.45, 7) is 5.79. The molecule has 0 aromatic rings. The number of esters is 3. The van der Waals surface area contributed by atoms with Crippen LogP contribution in [0.1, 0.15) is 53.4 Å². The van der Waals surface area contributed by atoms with Crippen LogP contribution in [0, 0.1) is 46.3 Å². The molecule has 7 aliphatic carbocycles. The van der Waals surface area contributed by atoms with Gasteiger partial charge in [0, 0.05) is 40.9 Å². The number of rotatable bonds is 3. The minimum atomic E-state index is -2.42. The fourth-order valence-corrected chi connectivity index (χ4v) is 12.2. The lowest BCUT2D eigenvalue weighted by atomic mass is 9.42. The summed E-state index contributed by atoms with van der Waals surface area (Å²) in [4.78, 5) is 38.7. The molecule has 9 aliphatic rings. The highest BCUT2D eigenvalue weighted by Gasteiger charge is 2.87. The average molecular weight is 597 g/mol. The topological polar surface area (TPSA) is 180 Å². The fraction of sp³-hybridized carbons (Fsp3) is 0.719. The van der Waals surface area contributed by atoms with Crippen LogP contribution < -0.4 is 0 Å². The SMILES string of the molecule is CC(=O)OC[C@@]1(O)C2CC3=C(CO)C(=O)O[C@@]34C3=C5[C@](C)([C@@H]6C[C@@H]6[C@@]5(O)CC4[C@@]2(C)[C@@H]2C[C@@H]21)[C@@H](O)[C@@]1(O)OC(=O)C(C)=C31. The Kier molecular flexibility index (Phi) is 4.44. The van der Waals surface area contributed by atoms with E-state index in [1.165, 1.54) is 13.8 Å². The van der Waals surface area contributed by atoms with Crippen LogP contribution in [0.25, 0.3) is 0 Å². The Morgan fingerprint density at radius 3 is 2.35 bits per heavy atom. The number of hydrogen-bond donors (Lipinski definition) is 5. The van der Waals surface area contributed by atoms with Crippen molar-refractivity contribution in [3.63, 3.8) is 0 Å². The van der Waals surface area contributed by atoms with Crippen LogP contribution in [0.2, 0.25) is 0 Å². The number of hydrogen-bond acceptors (Lipinski definition) is 11. The van der Waals surface area contributed by atoms with E-state index in [2.05, 4.69) is 6.92 Å². The van der Waals surface area contributed by atoms with E-state index in [-0.39, 0.29) is 59.8 Å². The molecular weight excluding hydrogens is 560 g/mol. The highest BCUT2D eigenvalue weighted by Crippen LogP contribution is 2.84. The van der Waals surface area contributed by atoms with Crippen molar-refractivity contribution in [2.24, 2.45) is 46.3 Å². The standard InChI is InChI=1S/C32H36O11/c1-11-21-22-23-28(4,26(37)32(21,40)43-24(11)35)16-6-17(16)29(23,38)8-20-27(3)15-5-18(15)30(39,10-41-12(2)34)19(27)7-14-13(9-33)25(36)42-31(14,20)22/h15-20,26,33,37-40H,5-10H2,1-4H3/t15-,16-,17+,18+,19?,20?,26-,27+,28+,29+,30+,31+,32+/m1/s1. The van der Waals surface area contributed by atoms with Gasteiger partial charge in [-0.1, -0.05) is 13.8 Å². The summed E-state index contributed by atoms with van der Waals surface area (Å²) in [5.74, 6) is -6.23. The van der Waals surface area contributed by atoms with Crippen LogP contribution in [0.4, 0.5) is 0 Å². The molecule has 11 heteroatoms. The van der Waals surface area contributed by atoms with Crippen molar-refractivity contribution in [3.8, 4) is 0 Å². The maximum absolute atomic E-state index is 13.7. The van der Waals surface area contributed by atoms with Gasteiger partial charge in [-0.15, -0.1) is 0 Å². The molecule has 0 radical (unpaired) electrons. The van der Waals surface area contributed by atoms with Crippen LogP contribution in [0.15, 0.2) is 33.4 Å². The van der Waals surface area contributed by atoms with Gasteiger partial charge in [0.25, 0.3) is 5.79 Å². The minimum absolute atomic E-state index is 0.0222. The van der Waals surface area contributed by atoms with Gasteiger partial charge in [-0.05, 0) is 72.8 Å². The third-order valence-corrected chi connectivity index (χ3v) is 14.0. The average Bonchev–Trinajstić information content (AvgIpc) is 3.84. The van der Waals surface area contributed by atoms with E-state index in [9.17, 15) is 39.9 Å². The zero-order valence-electron chi connectivity index (χ0n) is 24.5. The maximum atomic E-state index is 13.7. The van der Waals surface area contributed by atoms with E-state index >= 15 is 0 Å². The number of aliphatic hydroxyl groups excluding tert-OH is 2. The summed E-state index contributed by atoms with van der Waals surface area (Å²) in [6, 6.07) is 0. The zero-order chi connectivity index (χ0) is 30.6. The maximum Gasteiger partial charge on any atom is 0.337 e. The molecule has 9 rings (SSSR count). The van der Waals surface area contributed by atoms with Gasteiger partial charge < -0.3 is 39.7 Å². The van der Waals surface area contributed by atoms with Gasteiger partial charge in [0.2, 0.25) is 0 Å². The molecule has 2 aliphatic heterocycles. The van der Waals surface area contributed by atoms with Crippen LogP contribution >= 0.6 is 0 Å². The summed E-state index contributed by atoms with van der Waals surface area (Å²) >= 11 is 0. The highest BCUT2D eigenvalue weighted by atomic mass is 16.7.